The molecule has 1 radical (unpaired) electrons. The predicted molar refractivity (Wildman–Crippen MR) is 56.7 cm³/mol. The van der Waals surface area contributed by atoms with Gasteiger partial charge >= 0.3 is 0 Å². The lowest BCUT2D eigenvalue weighted by Gasteiger charge is -2.30. The molecule has 0 aromatic heterocycles. The molecule has 0 saturated heterocycles. The van der Waals surface area contributed by atoms with Crippen LogP contribution in [-0.4, -0.2) is 8.32 Å². The minimum Gasteiger partial charge on any atom is -0.297 e. The number of hydrogen-bond donors (Lipinski definition) is 0. The molecule has 2 aliphatic carbocycles. The molecule has 2 aliphatic rings. The van der Waals surface area contributed by atoms with Gasteiger partial charge in [0.15, 0.2) is 0 Å². The van der Waals surface area contributed by atoms with E-state index >= 15 is 0 Å². The molecule has 0 amide bonds. The van der Waals surface area contributed by atoms with E-state index in [1.54, 1.807) is 0 Å². The maximum atomic E-state index is 12.6. The molecule has 0 atom stereocenters. The van der Waals surface area contributed by atoms with Crippen molar-refractivity contribution in [2.45, 2.75) is 69.0 Å². The Bertz CT molecular complexity index is 149. The molecule has 2 heteroatoms. The van der Waals surface area contributed by atoms with Gasteiger partial charge in [-0.2, -0.15) is 0 Å². The topological polar surface area (TPSA) is 19.9 Å². The first-order valence-corrected chi connectivity index (χ1v) is 8.48. The van der Waals surface area contributed by atoms with E-state index in [2.05, 4.69) is 6.55 Å². The average Bonchev–Trinajstić information content (AvgIpc) is 2.78. The van der Waals surface area contributed by atoms with Crippen molar-refractivity contribution in [3.8, 4) is 0 Å². The fourth-order valence-electron chi connectivity index (χ4n) is 3.33. The summed E-state index contributed by atoms with van der Waals surface area (Å²) >= 11 is 0. The second kappa shape index (κ2) is 3.74. The summed E-state index contributed by atoms with van der Waals surface area (Å²) in [6.07, 6.45) is 10.4. The van der Waals surface area contributed by atoms with Gasteiger partial charge in [0.25, 0.3) is 0 Å². The minimum atomic E-state index is -2.09. The van der Waals surface area contributed by atoms with Crippen LogP contribution in [0.3, 0.4) is 0 Å². The van der Waals surface area contributed by atoms with Crippen molar-refractivity contribution in [3.63, 3.8) is 0 Å². The van der Waals surface area contributed by atoms with Gasteiger partial charge < -0.3 is 0 Å². The Kier molecular flexibility index (Phi) is 2.79. The average molecular weight is 197 g/mol. The van der Waals surface area contributed by atoms with E-state index in [1.165, 1.54) is 51.4 Å². The maximum absolute atomic E-state index is 12.6. The first-order valence-electron chi connectivity index (χ1n) is 5.91. The van der Waals surface area contributed by atoms with Crippen LogP contribution in [0.1, 0.15) is 51.4 Å². The summed E-state index contributed by atoms with van der Waals surface area (Å²) in [7, 11) is -2.09. The van der Waals surface area contributed by atoms with Gasteiger partial charge in [0, 0.05) is 0 Å². The number of hydrogen-bond acceptors (Lipinski definition) is 0. The van der Waals surface area contributed by atoms with E-state index in [0.717, 1.165) is 0 Å². The number of rotatable bonds is 2. The molecular formula is C11H21OSi. The lowest BCUT2D eigenvalue weighted by atomic mass is 10.3. The van der Waals surface area contributed by atoms with Crippen molar-refractivity contribution in [3.05, 3.63) is 0 Å². The second-order valence-electron chi connectivity index (χ2n) is 5.15. The highest BCUT2D eigenvalue weighted by Gasteiger charge is 2.46. The van der Waals surface area contributed by atoms with Gasteiger partial charge in [0.1, 0.15) is 0 Å². The zero-order valence-corrected chi connectivity index (χ0v) is 9.72. The molecule has 0 aliphatic heterocycles. The highest BCUT2D eigenvalue weighted by molar-refractivity contribution is 6.74. The zero-order chi connectivity index (χ0) is 9.31. The molecule has 0 aromatic carbocycles. The van der Waals surface area contributed by atoms with Gasteiger partial charge in [-0.05, 0) is 17.6 Å². The van der Waals surface area contributed by atoms with E-state index in [0.29, 0.717) is 11.1 Å². The Labute approximate surface area is 82.7 Å². The third-order valence-electron chi connectivity index (χ3n) is 4.33. The molecule has 0 unspecified atom stereocenters. The molecule has 1 nitrogen and oxygen atoms in total. The standard InChI is InChI=1S/C11H21OSi/c1-13(12,10-6-2-3-7-10)11-8-4-5-9-11/h10-11H,2-9H2,1H3. The summed E-state index contributed by atoms with van der Waals surface area (Å²) in [6.45, 7) is 2.12. The summed E-state index contributed by atoms with van der Waals surface area (Å²) < 4.78 is 0. The van der Waals surface area contributed by atoms with E-state index in [9.17, 15) is 4.80 Å². The summed E-state index contributed by atoms with van der Waals surface area (Å²) in [6, 6.07) is 0. The van der Waals surface area contributed by atoms with Crippen LogP contribution >= 0.6 is 0 Å². The van der Waals surface area contributed by atoms with Crippen LogP contribution in [-0.2, 0) is 4.80 Å². The van der Waals surface area contributed by atoms with Crippen LogP contribution < -0.4 is 0 Å². The Balaban J connectivity index is 1.99. The Hall–Kier alpha value is 0.177. The van der Waals surface area contributed by atoms with Crippen molar-refractivity contribution in [2.75, 3.05) is 0 Å². The van der Waals surface area contributed by atoms with Crippen LogP contribution in [0.25, 0.3) is 0 Å². The zero-order valence-electron chi connectivity index (χ0n) is 8.72. The molecule has 0 spiro atoms. The lowest BCUT2D eigenvalue weighted by Crippen LogP contribution is -2.38. The SMILES string of the molecule is C[Si]([O])(C1CCCC1)C1CCCC1. The molecule has 0 N–H and O–H groups in total. The fraction of sp³-hybridized carbons (Fsp3) is 1.00. The molecule has 2 saturated carbocycles. The molecule has 2 fully saturated rings. The van der Waals surface area contributed by atoms with E-state index in [-0.39, 0.29) is 0 Å². The quantitative estimate of drug-likeness (QED) is 0.599. The van der Waals surface area contributed by atoms with Crippen molar-refractivity contribution < 1.29 is 4.80 Å². The van der Waals surface area contributed by atoms with Crippen LogP contribution in [0.2, 0.25) is 17.6 Å². The van der Waals surface area contributed by atoms with Gasteiger partial charge in [0.05, 0.1) is 0 Å². The Morgan fingerprint density at radius 1 is 0.846 bits per heavy atom. The third-order valence-corrected chi connectivity index (χ3v) is 8.73. The van der Waals surface area contributed by atoms with Gasteiger partial charge in [-0.1, -0.05) is 51.4 Å². The van der Waals surface area contributed by atoms with Gasteiger partial charge in [0.2, 0.25) is 8.32 Å². The highest BCUT2D eigenvalue weighted by atomic mass is 28.4. The van der Waals surface area contributed by atoms with Crippen LogP contribution in [0.5, 0.6) is 0 Å². The van der Waals surface area contributed by atoms with Gasteiger partial charge in [-0.25, -0.2) is 0 Å². The van der Waals surface area contributed by atoms with Crippen molar-refractivity contribution >= 4 is 8.32 Å². The minimum absolute atomic E-state index is 0.635. The van der Waals surface area contributed by atoms with E-state index in [1.807, 2.05) is 0 Å². The summed E-state index contributed by atoms with van der Waals surface area (Å²) in [5.41, 5.74) is 1.27. The van der Waals surface area contributed by atoms with Crippen molar-refractivity contribution in [1.29, 1.82) is 0 Å². The van der Waals surface area contributed by atoms with Gasteiger partial charge in [-0.3, -0.25) is 4.80 Å². The smallest absolute Gasteiger partial charge is 0.240 e. The Morgan fingerprint density at radius 3 is 1.46 bits per heavy atom. The van der Waals surface area contributed by atoms with Crippen molar-refractivity contribution in [1.82, 2.24) is 0 Å². The molecular weight excluding hydrogens is 176 g/mol. The predicted octanol–water partition coefficient (Wildman–Crippen LogP) is 3.88. The molecule has 13 heavy (non-hydrogen) atoms. The first kappa shape index (κ1) is 9.72. The summed E-state index contributed by atoms with van der Waals surface area (Å²) in [4.78, 5) is 12.6. The van der Waals surface area contributed by atoms with Crippen molar-refractivity contribution in [2.24, 2.45) is 0 Å². The molecule has 0 aromatic rings. The molecule has 75 valence electrons. The van der Waals surface area contributed by atoms with Crippen LogP contribution in [0, 0.1) is 0 Å². The lowest BCUT2D eigenvalue weighted by molar-refractivity contribution is 0.382. The first-order chi connectivity index (χ1) is 6.21. The Morgan fingerprint density at radius 2 is 1.15 bits per heavy atom. The second-order valence-corrected chi connectivity index (χ2v) is 9.15. The van der Waals surface area contributed by atoms with Crippen LogP contribution in [0.15, 0.2) is 0 Å². The normalized spacial score (nSPS) is 27.2. The van der Waals surface area contributed by atoms with Crippen LogP contribution in [0.4, 0.5) is 0 Å². The fourth-order valence-corrected chi connectivity index (χ4v) is 7.11. The van der Waals surface area contributed by atoms with E-state index < -0.39 is 8.32 Å². The summed E-state index contributed by atoms with van der Waals surface area (Å²) in [5, 5.41) is 0. The largest absolute Gasteiger partial charge is 0.297 e. The summed E-state index contributed by atoms with van der Waals surface area (Å²) in [5.74, 6) is 0. The van der Waals surface area contributed by atoms with Gasteiger partial charge in [-0.15, -0.1) is 0 Å². The highest BCUT2D eigenvalue weighted by Crippen LogP contribution is 2.48. The third kappa shape index (κ3) is 1.84. The van der Waals surface area contributed by atoms with E-state index in [4.69, 9.17) is 0 Å². The monoisotopic (exact) mass is 197 g/mol. The molecule has 0 bridgehead atoms. The molecule has 2 rings (SSSR count). The molecule has 0 heterocycles. The maximum Gasteiger partial charge on any atom is 0.240 e.